The first-order chi connectivity index (χ1) is 8.31. The van der Waals surface area contributed by atoms with E-state index in [9.17, 15) is 0 Å². The van der Waals surface area contributed by atoms with Gasteiger partial charge in [-0.3, -0.25) is 0 Å². The summed E-state index contributed by atoms with van der Waals surface area (Å²) >= 11 is 0. The quantitative estimate of drug-likeness (QED) is 0.703. The minimum Gasteiger partial charge on any atom is -0.493 e. The third kappa shape index (κ3) is 4.63. The van der Waals surface area contributed by atoms with E-state index >= 15 is 0 Å². The average molecular weight is 239 g/mol. The van der Waals surface area contributed by atoms with E-state index in [2.05, 4.69) is 5.32 Å². The largest absolute Gasteiger partial charge is 0.493 e. The number of benzene rings is 1. The molecule has 0 atom stereocenters. The molecule has 4 heteroatoms. The van der Waals surface area contributed by atoms with Crippen LogP contribution in [0.25, 0.3) is 0 Å². The van der Waals surface area contributed by atoms with Gasteiger partial charge in [0.1, 0.15) is 0 Å². The standard InChI is InChI=1S/C13H21NO3/c1-14-10-11-5-6-12(13(9-11)16-3)17-8-4-7-15-2/h5-6,9,14H,4,7-8,10H2,1-3H3. The minimum atomic E-state index is 0.634. The van der Waals surface area contributed by atoms with Crippen LogP contribution in [-0.2, 0) is 11.3 Å². The highest BCUT2D eigenvalue weighted by molar-refractivity contribution is 5.42. The summed E-state index contributed by atoms with van der Waals surface area (Å²) in [6, 6.07) is 5.96. The molecule has 0 unspecified atom stereocenters. The van der Waals surface area contributed by atoms with Crippen molar-refractivity contribution in [1.82, 2.24) is 5.32 Å². The Morgan fingerprint density at radius 3 is 2.59 bits per heavy atom. The summed E-state index contributed by atoms with van der Waals surface area (Å²) in [6.45, 7) is 2.16. The zero-order valence-electron chi connectivity index (χ0n) is 10.8. The van der Waals surface area contributed by atoms with Crippen molar-refractivity contribution in [2.45, 2.75) is 13.0 Å². The van der Waals surface area contributed by atoms with E-state index in [0.29, 0.717) is 13.2 Å². The van der Waals surface area contributed by atoms with Crippen molar-refractivity contribution in [3.8, 4) is 11.5 Å². The lowest BCUT2D eigenvalue weighted by molar-refractivity contribution is 0.170. The Morgan fingerprint density at radius 2 is 1.94 bits per heavy atom. The molecule has 0 fully saturated rings. The van der Waals surface area contributed by atoms with Gasteiger partial charge in [0.05, 0.1) is 13.7 Å². The predicted octanol–water partition coefficient (Wildman–Crippen LogP) is 1.83. The summed E-state index contributed by atoms with van der Waals surface area (Å²) in [7, 11) is 5.26. The monoisotopic (exact) mass is 239 g/mol. The Labute approximate surface area is 103 Å². The molecule has 0 heterocycles. The van der Waals surface area contributed by atoms with Gasteiger partial charge in [-0.1, -0.05) is 6.07 Å². The van der Waals surface area contributed by atoms with Gasteiger partial charge in [-0.2, -0.15) is 0 Å². The first kappa shape index (κ1) is 13.8. The van der Waals surface area contributed by atoms with E-state index < -0.39 is 0 Å². The van der Waals surface area contributed by atoms with Crippen molar-refractivity contribution >= 4 is 0 Å². The van der Waals surface area contributed by atoms with Crippen molar-refractivity contribution in [2.24, 2.45) is 0 Å². The molecule has 0 saturated carbocycles. The number of hydrogen-bond acceptors (Lipinski definition) is 4. The van der Waals surface area contributed by atoms with Gasteiger partial charge in [0.25, 0.3) is 0 Å². The zero-order chi connectivity index (χ0) is 12.5. The molecule has 0 aliphatic carbocycles. The summed E-state index contributed by atoms with van der Waals surface area (Å²) in [6.07, 6.45) is 0.873. The average Bonchev–Trinajstić information content (AvgIpc) is 2.36. The van der Waals surface area contributed by atoms with Gasteiger partial charge in [0, 0.05) is 26.7 Å². The second-order valence-electron chi connectivity index (χ2n) is 3.71. The molecule has 4 nitrogen and oxygen atoms in total. The van der Waals surface area contributed by atoms with Gasteiger partial charge in [0.15, 0.2) is 11.5 Å². The molecule has 1 rings (SSSR count). The van der Waals surface area contributed by atoms with Crippen LogP contribution in [0.1, 0.15) is 12.0 Å². The molecule has 0 radical (unpaired) electrons. The highest BCUT2D eigenvalue weighted by atomic mass is 16.5. The van der Waals surface area contributed by atoms with E-state index in [1.807, 2.05) is 25.2 Å². The van der Waals surface area contributed by atoms with Crippen molar-refractivity contribution in [3.63, 3.8) is 0 Å². The zero-order valence-corrected chi connectivity index (χ0v) is 10.8. The molecule has 1 N–H and O–H groups in total. The number of ether oxygens (including phenoxy) is 3. The molecule has 0 aromatic heterocycles. The summed E-state index contributed by atoms with van der Waals surface area (Å²) in [5, 5.41) is 3.10. The lowest BCUT2D eigenvalue weighted by atomic mass is 10.2. The molecule has 0 bridgehead atoms. The Bertz CT molecular complexity index is 328. The van der Waals surface area contributed by atoms with Crippen LogP contribution in [0.2, 0.25) is 0 Å². The maximum atomic E-state index is 5.64. The van der Waals surface area contributed by atoms with E-state index in [1.165, 1.54) is 5.56 Å². The van der Waals surface area contributed by atoms with Crippen molar-refractivity contribution in [2.75, 3.05) is 34.5 Å². The molecule has 0 spiro atoms. The molecule has 17 heavy (non-hydrogen) atoms. The molecule has 0 saturated heterocycles. The maximum Gasteiger partial charge on any atom is 0.161 e. The van der Waals surface area contributed by atoms with Crippen molar-refractivity contribution < 1.29 is 14.2 Å². The predicted molar refractivity (Wildman–Crippen MR) is 67.7 cm³/mol. The number of nitrogens with one attached hydrogen (secondary N) is 1. The van der Waals surface area contributed by atoms with Gasteiger partial charge < -0.3 is 19.5 Å². The highest BCUT2D eigenvalue weighted by Crippen LogP contribution is 2.28. The highest BCUT2D eigenvalue weighted by Gasteiger charge is 2.05. The summed E-state index contributed by atoms with van der Waals surface area (Å²) in [5.74, 6) is 1.55. The summed E-state index contributed by atoms with van der Waals surface area (Å²) in [4.78, 5) is 0. The first-order valence-corrected chi connectivity index (χ1v) is 5.75. The van der Waals surface area contributed by atoms with Crippen LogP contribution >= 0.6 is 0 Å². The number of methoxy groups -OCH3 is 2. The van der Waals surface area contributed by atoms with Gasteiger partial charge in [-0.25, -0.2) is 0 Å². The SMILES string of the molecule is CNCc1ccc(OCCCOC)c(OC)c1. The Kier molecular flexibility index (Phi) is 6.43. The smallest absolute Gasteiger partial charge is 0.161 e. The fourth-order valence-corrected chi connectivity index (χ4v) is 1.53. The van der Waals surface area contributed by atoms with Crippen LogP contribution in [0.5, 0.6) is 11.5 Å². The molecule has 96 valence electrons. The number of rotatable bonds is 8. The summed E-state index contributed by atoms with van der Waals surface area (Å²) in [5.41, 5.74) is 1.17. The van der Waals surface area contributed by atoms with Gasteiger partial charge in [0.2, 0.25) is 0 Å². The molecule has 0 aliphatic rings. The third-order valence-electron chi connectivity index (χ3n) is 2.36. The van der Waals surface area contributed by atoms with E-state index in [1.54, 1.807) is 14.2 Å². The minimum absolute atomic E-state index is 0.634. The fraction of sp³-hybridized carbons (Fsp3) is 0.538. The van der Waals surface area contributed by atoms with E-state index in [0.717, 1.165) is 24.5 Å². The lowest BCUT2D eigenvalue weighted by Gasteiger charge is -2.12. The first-order valence-electron chi connectivity index (χ1n) is 5.75. The molecule has 1 aromatic carbocycles. The maximum absolute atomic E-state index is 5.64. The topological polar surface area (TPSA) is 39.7 Å². The van der Waals surface area contributed by atoms with Crippen LogP contribution in [0, 0.1) is 0 Å². The Morgan fingerprint density at radius 1 is 1.12 bits per heavy atom. The van der Waals surface area contributed by atoms with Gasteiger partial charge in [-0.05, 0) is 24.7 Å². The van der Waals surface area contributed by atoms with Gasteiger partial charge in [-0.15, -0.1) is 0 Å². The summed E-state index contributed by atoms with van der Waals surface area (Å²) < 4.78 is 15.9. The van der Waals surface area contributed by atoms with Crippen LogP contribution in [0.4, 0.5) is 0 Å². The van der Waals surface area contributed by atoms with E-state index in [4.69, 9.17) is 14.2 Å². The molecule has 1 aromatic rings. The van der Waals surface area contributed by atoms with Crippen LogP contribution in [0.15, 0.2) is 18.2 Å². The third-order valence-corrected chi connectivity index (χ3v) is 2.36. The van der Waals surface area contributed by atoms with Gasteiger partial charge >= 0.3 is 0 Å². The normalized spacial score (nSPS) is 10.3. The second kappa shape index (κ2) is 7.92. The molecular weight excluding hydrogens is 218 g/mol. The molecule has 0 aliphatic heterocycles. The van der Waals surface area contributed by atoms with Crippen LogP contribution in [-0.4, -0.2) is 34.5 Å². The second-order valence-corrected chi connectivity index (χ2v) is 3.71. The Balaban J connectivity index is 2.58. The van der Waals surface area contributed by atoms with Crippen LogP contribution in [0.3, 0.4) is 0 Å². The molecule has 0 amide bonds. The molecular formula is C13H21NO3. The van der Waals surface area contributed by atoms with Crippen molar-refractivity contribution in [1.29, 1.82) is 0 Å². The lowest BCUT2D eigenvalue weighted by Crippen LogP contribution is -2.06. The van der Waals surface area contributed by atoms with Crippen LogP contribution < -0.4 is 14.8 Å². The Hall–Kier alpha value is -1.26. The van der Waals surface area contributed by atoms with E-state index in [-0.39, 0.29) is 0 Å². The fourth-order valence-electron chi connectivity index (χ4n) is 1.53. The van der Waals surface area contributed by atoms with Crippen molar-refractivity contribution in [3.05, 3.63) is 23.8 Å². The number of hydrogen-bond donors (Lipinski definition) is 1.